The Morgan fingerprint density at radius 1 is 1.04 bits per heavy atom. The van der Waals surface area contributed by atoms with Crippen LogP contribution in [0.25, 0.3) is 0 Å². The van der Waals surface area contributed by atoms with Gasteiger partial charge in [0.2, 0.25) is 0 Å². The molecule has 0 aliphatic carbocycles. The number of ether oxygens (including phenoxy) is 2. The molecule has 5 nitrogen and oxygen atoms in total. The molecule has 7 heteroatoms. The molecular weight excluding hydrogens is 460 g/mol. The molecule has 0 heterocycles. The molecule has 0 spiro atoms. The molecule has 0 aromatic heterocycles. The van der Waals surface area contributed by atoms with Crippen LogP contribution in [-0.4, -0.2) is 26.7 Å². The molecule has 0 bridgehead atoms. The molecule has 0 unspecified atom stereocenters. The summed E-state index contributed by atoms with van der Waals surface area (Å²) in [5.74, 6) is 1.84. The number of hydrogen-bond donors (Lipinski definition) is 2. The minimum absolute atomic E-state index is 0. The Kier molecular flexibility index (Phi) is 10.5. The number of nitrogens with one attached hydrogen (secondary N) is 2. The van der Waals surface area contributed by atoms with E-state index in [4.69, 9.17) is 9.47 Å². The molecule has 148 valence electrons. The molecule has 2 aromatic rings. The molecule has 0 saturated heterocycles. The first-order valence-corrected chi connectivity index (χ1v) is 8.65. The number of halogens is 2. The molecular formula is C20H27FIN3O2. The molecule has 0 atom stereocenters. The monoisotopic (exact) mass is 487 g/mol. The smallest absolute Gasteiger partial charge is 0.191 e. The fourth-order valence-corrected chi connectivity index (χ4v) is 2.39. The van der Waals surface area contributed by atoms with E-state index in [1.54, 1.807) is 20.2 Å². The van der Waals surface area contributed by atoms with Crippen LogP contribution in [0.15, 0.2) is 47.5 Å². The minimum Gasteiger partial charge on any atom is -0.493 e. The number of aliphatic imine (C=N–C) groups is 1. The van der Waals surface area contributed by atoms with Crippen molar-refractivity contribution >= 4 is 29.9 Å². The Hall–Kier alpha value is -2.03. The average molecular weight is 487 g/mol. The molecule has 2 aromatic carbocycles. The van der Waals surface area contributed by atoms with Gasteiger partial charge in [0.05, 0.1) is 13.7 Å². The van der Waals surface area contributed by atoms with E-state index in [9.17, 15) is 4.39 Å². The number of hydrogen-bond acceptors (Lipinski definition) is 3. The highest BCUT2D eigenvalue weighted by Gasteiger charge is 2.06. The second-order valence-electron chi connectivity index (χ2n) is 5.74. The van der Waals surface area contributed by atoms with Crippen LogP contribution in [-0.2, 0) is 13.1 Å². The van der Waals surface area contributed by atoms with Crippen molar-refractivity contribution in [1.82, 2.24) is 10.6 Å². The van der Waals surface area contributed by atoms with Gasteiger partial charge in [0, 0.05) is 20.1 Å². The van der Waals surface area contributed by atoms with E-state index in [2.05, 4.69) is 22.5 Å². The van der Waals surface area contributed by atoms with Crippen molar-refractivity contribution in [2.45, 2.75) is 26.4 Å². The summed E-state index contributed by atoms with van der Waals surface area (Å²) in [7, 11) is 3.33. The fourth-order valence-electron chi connectivity index (χ4n) is 2.39. The summed E-state index contributed by atoms with van der Waals surface area (Å²) >= 11 is 0. The molecule has 2 N–H and O–H groups in total. The minimum atomic E-state index is -0.246. The van der Waals surface area contributed by atoms with E-state index < -0.39 is 0 Å². The molecule has 0 saturated carbocycles. The van der Waals surface area contributed by atoms with Crippen molar-refractivity contribution in [2.75, 3.05) is 20.8 Å². The van der Waals surface area contributed by atoms with E-state index in [-0.39, 0.29) is 29.8 Å². The summed E-state index contributed by atoms with van der Waals surface area (Å²) in [5.41, 5.74) is 1.89. The lowest BCUT2D eigenvalue weighted by Crippen LogP contribution is -2.36. The standard InChI is InChI=1S/C20H26FN3O2.HI/c1-4-10-26-18-9-8-16(12-19(18)25-3)14-24-20(22-2)23-13-15-6-5-7-17(21)11-15;/h5-9,11-12H,4,10,13-14H2,1-3H3,(H2,22,23,24);1H. The maximum absolute atomic E-state index is 13.2. The Bertz CT molecular complexity index is 741. The summed E-state index contributed by atoms with van der Waals surface area (Å²) in [5, 5.41) is 6.40. The van der Waals surface area contributed by atoms with Crippen LogP contribution in [0.2, 0.25) is 0 Å². The first-order chi connectivity index (χ1) is 12.7. The highest BCUT2D eigenvalue weighted by molar-refractivity contribution is 14.0. The maximum Gasteiger partial charge on any atom is 0.191 e. The van der Waals surface area contributed by atoms with Gasteiger partial charge in [-0.1, -0.05) is 25.1 Å². The quantitative estimate of drug-likeness (QED) is 0.335. The summed E-state index contributed by atoms with van der Waals surface area (Å²) in [6, 6.07) is 12.3. The zero-order chi connectivity index (χ0) is 18.8. The van der Waals surface area contributed by atoms with E-state index in [0.717, 1.165) is 23.3 Å². The van der Waals surface area contributed by atoms with Crippen LogP contribution >= 0.6 is 24.0 Å². The third-order valence-corrected chi connectivity index (χ3v) is 3.72. The Morgan fingerprint density at radius 2 is 1.74 bits per heavy atom. The van der Waals surface area contributed by atoms with Crippen molar-refractivity contribution in [2.24, 2.45) is 4.99 Å². The summed E-state index contributed by atoms with van der Waals surface area (Å²) < 4.78 is 24.3. The zero-order valence-electron chi connectivity index (χ0n) is 15.9. The Balaban J connectivity index is 0.00000364. The lowest BCUT2D eigenvalue weighted by atomic mass is 10.2. The predicted octanol–water partition coefficient (Wildman–Crippen LogP) is 4.11. The van der Waals surface area contributed by atoms with Gasteiger partial charge in [-0.25, -0.2) is 4.39 Å². The molecule has 27 heavy (non-hydrogen) atoms. The second kappa shape index (κ2) is 12.4. The van der Waals surface area contributed by atoms with Crippen molar-refractivity contribution in [3.8, 4) is 11.5 Å². The maximum atomic E-state index is 13.2. The summed E-state index contributed by atoms with van der Waals surface area (Å²) in [6.07, 6.45) is 0.944. The number of methoxy groups -OCH3 is 1. The molecule has 0 aliphatic rings. The lowest BCUT2D eigenvalue weighted by molar-refractivity contribution is 0.294. The van der Waals surface area contributed by atoms with Crippen molar-refractivity contribution in [3.05, 3.63) is 59.4 Å². The molecule has 0 radical (unpaired) electrons. The molecule has 0 fully saturated rings. The van der Waals surface area contributed by atoms with Gasteiger partial charge < -0.3 is 20.1 Å². The SMILES string of the molecule is CCCOc1ccc(CNC(=NC)NCc2cccc(F)c2)cc1OC.I. The fraction of sp³-hybridized carbons (Fsp3) is 0.350. The highest BCUT2D eigenvalue weighted by atomic mass is 127. The van der Waals surface area contributed by atoms with Crippen LogP contribution < -0.4 is 20.1 Å². The van der Waals surface area contributed by atoms with E-state index >= 15 is 0 Å². The lowest BCUT2D eigenvalue weighted by Gasteiger charge is -2.14. The van der Waals surface area contributed by atoms with Crippen molar-refractivity contribution in [3.63, 3.8) is 0 Å². The molecule has 0 aliphatic heterocycles. The summed E-state index contributed by atoms with van der Waals surface area (Å²) in [4.78, 5) is 4.19. The molecule has 0 amide bonds. The average Bonchev–Trinajstić information content (AvgIpc) is 2.66. The number of benzene rings is 2. The van der Waals surface area contributed by atoms with Crippen LogP contribution in [0, 0.1) is 5.82 Å². The van der Waals surface area contributed by atoms with Crippen LogP contribution in [0.4, 0.5) is 4.39 Å². The van der Waals surface area contributed by atoms with Gasteiger partial charge in [0.1, 0.15) is 5.82 Å². The predicted molar refractivity (Wildman–Crippen MR) is 118 cm³/mol. The van der Waals surface area contributed by atoms with Crippen LogP contribution in [0.1, 0.15) is 24.5 Å². The van der Waals surface area contributed by atoms with Gasteiger partial charge >= 0.3 is 0 Å². The second-order valence-corrected chi connectivity index (χ2v) is 5.74. The normalized spacial score (nSPS) is 10.7. The van der Waals surface area contributed by atoms with Gasteiger partial charge in [-0.3, -0.25) is 4.99 Å². The van der Waals surface area contributed by atoms with Gasteiger partial charge in [-0.2, -0.15) is 0 Å². The van der Waals surface area contributed by atoms with E-state index in [1.165, 1.54) is 12.1 Å². The van der Waals surface area contributed by atoms with Gasteiger partial charge in [-0.05, 0) is 41.8 Å². The number of nitrogens with zero attached hydrogens (tertiary/aromatic N) is 1. The number of guanidine groups is 1. The first kappa shape index (κ1) is 23.0. The Labute approximate surface area is 177 Å². The van der Waals surface area contributed by atoms with Crippen LogP contribution in [0.3, 0.4) is 0 Å². The largest absolute Gasteiger partial charge is 0.493 e. The van der Waals surface area contributed by atoms with E-state index in [0.29, 0.717) is 31.4 Å². The van der Waals surface area contributed by atoms with Crippen LogP contribution in [0.5, 0.6) is 11.5 Å². The third kappa shape index (κ3) is 7.62. The van der Waals surface area contributed by atoms with E-state index in [1.807, 2.05) is 24.3 Å². The third-order valence-electron chi connectivity index (χ3n) is 3.72. The van der Waals surface area contributed by atoms with Gasteiger partial charge in [0.25, 0.3) is 0 Å². The molecule has 2 rings (SSSR count). The van der Waals surface area contributed by atoms with Crippen molar-refractivity contribution in [1.29, 1.82) is 0 Å². The van der Waals surface area contributed by atoms with Gasteiger partial charge in [0.15, 0.2) is 17.5 Å². The van der Waals surface area contributed by atoms with Gasteiger partial charge in [-0.15, -0.1) is 24.0 Å². The Morgan fingerprint density at radius 3 is 2.33 bits per heavy atom. The topological polar surface area (TPSA) is 54.9 Å². The summed E-state index contributed by atoms with van der Waals surface area (Å²) in [6.45, 7) is 3.79. The number of rotatable bonds is 8. The highest BCUT2D eigenvalue weighted by Crippen LogP contribution is 2.28. The van der Waals surface area contributed by atoms with Crippen molar-refractivity contribution < 1.29 is 13.9 Å². The first-order valence-electron chi connectivity index (χ1n) is 8.65. The zero-order valence-corrected chi connectivity index (χ0v) is 18.3.